The van der Waals surface area contributed by atoms with Crippen molar-refractivity contribution in [2.75, 3.05) is 19.6 Å². The number of benzene rings is 2. The molecule has 1 aliphatic carbocycles. The van der Waals surface area contributed by atoms with Gasteiger partial charge in [-0.05, 0) is 85.5 Å². The molecule has 2 atom stereocenters. The Labute approximate surface area is 239 Å². The average Bonchev–Trinajstić information content (AvgIpc) is 3.38. The molecule has 1 unspecified atom stereocenters. The van der Waals surface area contributed by atoms with Gasteiger partial charge in [-0.1, -0.05) is 11.6 Å². The molecule has 0 radical (unpaired) electrons. The predicted molar refractivity (Wildman–Crippen MR) is 155 cm³/mol. The van der Waals surface area contributed by atoms with Gasteiger partial charge in [0.25, 0.3) is 0 Å². The molecule has 2 saturated heterocycles. The number of piperidine rings is 1. The third-order valence-electron chi connectivity index (χ3n) is 7.62. The van der Waals surface area contributed by atoms with Gasteiger partial charge in [0.05, 0.1) is 23.2 Å². The number of imide groups is 1. The standard InChI is InChI=1S/C32H33N5O4/c1-20-8-22(15-33)12-26(9-20)35-17-23(16-34)18-37-7-6-28(19-37)41-27-3-4-29-25(14-27)11-21(13-30(29)38)10-24-2-5-31(39)36-32(24)40/h3-4,8-10,12,14,16-17,24,28H,2,5-7,11,13,18-19,34H2,1H3,(H,36,39,40)/b21-10?,23-16+,35-17?/t24?,28-/m0/s1. The van der Waals surface area contributed by atoms with Gasteiger partial charge in [0.1, 0.15) is 11.9 Å². The number of ketones is 1. The second kappa shape index (κ2) is 12.3. The number of nitrogens with zero attached hydrogens (tertiary/aromatic N) is 3. The number of carbonyl (C=O) groups is 3. The normalized spacial score (nSPS) is 22.6. The van der Waals surface area contributed by atoms with Crippen LogP contribution in [0.5, 0.6) is 5.75 Å². The number of amides is 2. The summed E-state index contributed by atoms with van der Waals surface area (Å²) in [6.07, 6.45) is 7.65. The molecule has 0 saturated carbocycles. The summed E-state index contributed by atoms with van der Waals surface area (Å²) in [5.41, 5.74) is 11.5. The van der Waals surface area contributed by atoms with E-state index in [-0.39, 0.29) is 36.0 Å². The molecule has 9 nitrogen and oxygen atoms in total. The number of nitrogens with one attached hydrogen (secondary N) is 1. The summed E-state index contributed by atoms with van der Waals surface area (Å²) in [6, 6.07) is 13.3. The first-order valence-corrected chi connectivity index (χ1v) is 13.8. The van der Waals surface area contributed by atoms with Crippen molar-refractivity contribution in [3.63, 3.8) is 0 Å². The van der Waals surface area contributed by atoms with Crippen molar-refractivity contribution in [2.24, 2.45) is 16.6 Å². The molecular formula is C32H33N5O4. The molecule has 210 valence electrons. The topological polar surface area (TPSA) is 138 Å². The van der Waals surface area contributed by atoms with Crippen LogP contribution in [0.1, 0.15) is 52.7 Å². The number of fused-ring (bicyclic) bond motifs is 1. The molecule has 0 bridgehead atoms. The van der Waals surface area contributed by atoms with E-state index in [2.05, 4.69) is 21.3 Å². The lowest BCUT2D eigenvalue weighted by molar-refractivity contribution is -0.135. The van der Waals surface area contributed by atoms with Crippen molar-refractivity contribution in [1.29, 1.82) is 5.26 Å². The minimum atomic E-state index is -0.384. The number of ether oxygens (including phenoxy) is 1. The minimum absolute atomic E-state index is 0.00301. The highest BCUT2D eigenvalue weighted by molar-refractivity contribution is 6.01. The number of aliphatic imine (C=N–C) groups is 1. The Bertz CT molecular complexity index is 1520. The number of hydrogen-bond donors (Lipinski definition) is 2. The Kier molecular flexibility index (Phi) is 8.41. The summed E-state index contributed by atoms with van der Waals surface area (Å²) in [6.45, 7) is 4.14. The first-order valence-electron chi connectivity index (χ1n) is 13.8. The Morgan fingerprint density at radius 2 is 2.05 bits per heavy atom. The van der Waals surface area contributed by atoms with Crippen LogP contribution in [0.4, 0.5) is 5.69 Å². The summed E-state index contributed by atoms with van der Waals surface area (Å²) >= 11 is 0. The average molecular weight is 552 g/mol. The summed E-state index contributed by atoms with van der Waals surface area (Å²) < 4.78 is 6.32. The van der Waals surface area contributed by atoms with E-state index in [0.717, 1.165) is 47.5 Å². The Hall–Kier alpha value is -4.55. The molecule has 0 spiro atoms. The molecule has 2 amide bonds. The van der Waals surface area contributed by atoms with Crippen LogP contribution in [0.2, 0.25) is 0 Å². The molecule has 2 heterocycles. The van der Waals surface area contributed by atoms with Crippen molar-refractivity contribution in [3.8, 4) is 11.8 Å². The smallest absolute Gasteiger partial charge is 0.233 e. The number of hydrogen-bond acceptors (Lipinski definition) is 8. The maximum atomic E-state index is 12.8. The van der Waals surface area contributed by atoms with Gasteiger partial charge in [-0.25, -0.2) is 0 Å². The van der Waals surface area contributed by atoms with Crippen molar-refractivity contribution < 1.29 is 19.1 Å². The molecule has 2 aliphatic heterocycles. The second-order valence-electron chi connectivity index (χ2n) is 10.9. The lowest BCUT2D eigenvalue weighted by Crippen LogP contribution is -2.40. The predicted octanol–water partition coefficient (Wildman–Crippen LogP) is 3.67. The highest BCUT2D eigenvalue weighted by atomic mass is 16.5. The molecule has 5 rings (SSSR count). The van der Waals surface area contributed by atoms with Crippen LogP contribution in [0.25, 0.3) is 0 Å². The lowest BCUT2D eigenvalue weighted by atomic mass is 9.84. The van der Waals surface area contributed by atoms with E-state index in [0.29, 0.717) is 42.6 Å². The van der Waals surface area contributed by atoms with Crippen LogP contribution in [0, 0.1) is 24.2 Å². The maximum absolute atomic E-state index is 12.8. The summed E-state index contributed by atoms with van der Waals surface area (Å²) in [5, 5.41) is 11.6. The quantitative estimate of drug-likeness (QED) is 0.304. The highest BCUT2D eigenvalue weighted by Crippen LogP contribution is 2.31. The van der Waals surface area contributed by atoms with E-state index in [4.69, 9.17) is 10.5 Å². The zero-order chi connectivity index (χ0) is 28.9. The van der Waals surface area contributed by atoms with Crippen LogP contribution >= 0.6 is 0 Å². The molecule has 9 heteroatoms. The number of likely N-dealkylation sites (tertiary alicyclic amines) is 1. The fraction of sp³-hybridized carbons (Fsp3) is 0.344. The Morgan fingerprint density at radius 3 is 2.83 bits per heavy atom. The molecular weight excluding hydrogens is 518 g/mol. The monoisotopic (exact) mass is 551 g/mol. The maximum Gasteiger partial charge on any atom is 0.233 e. The molecule has 3 aliphatic rings. The van der Waals surface area contributed by atoms with Gasteiger partial charge >= 0.3 is 0 Å². The van der Waals surface area contributed by atoms with Gasteiger partial charge < -0.3 is 10.5 Å². The zero-order valence-corrected chi connectivity index (χ0v) is 23.1. The van der Waals surface area contributed by atoms with Crippen LogP contribution in [0.15, 0.2) is 64.8 Å². The fourth-order valence-corrected chi connectivity index (χ4v) is 5.63. The number of nitriles is 1. The van der Waals surface area contributed by atoms with Gasteiger partial charge in [0, 0.05) is 44.3 Å². The summed E-state index contributed by atoms with van der Waals surface area (Å²) in [7, 11) is 0. The number of Topliss-reactive ketones (excluding diaryl/α,β-unsaturated/α-hetero) is 1. The van der Waals surface area contributed by atoms with Gasteiger partial charge in [0.2, 0.25) is 11.8 Å². The third kappa shape index (κ3) is 6.97. The first-order chi connectivity index (χ1) is 19.8. The van der Waals surface area contributed by atoms with Gasteiger partial charge in [-0.2, -0.15) is 5.26 Å². The second-order valence-corrected chi connectivity index (χ2v) is 10.9. The lowest BCUT2D eigenvalue weighted by Gasteiger charge is -2.23. The number of nitrogens with two attached hydrogens (primary N) is 1. The molecule has 0 aromatic heterocycles. The summed E-state index contributed by atoms with van der Waals surface area (Å²) in [4.78, 5) is 43.2. The van der Waals surface area contributed by atoms with Crippen LogP contribution in [-0.4, -0.2) is 54.5 Å². The minimum Gasteiger partial charge on any atom is -0.489 e. The molecule has 2 fully saturated rings. The van der Waals surface area contributed by atoms with Gasteiger partial charge in [-0.15, -0.1) is 0 Å². The van der Waals surface area contributed by atoms with E-state index in [1.165, 1.54) is 0 Å². The van der Waals surface area contributed by atoms with Crippen molar-refractivity contribution in [1.82, 2.24) is 10.2 Å². The molecule has 2 aromatic rings. The Morgan fingerprint density at radius 1 is 1.20 bits per heavy atom. The SMILES string of the molecule is Cc1cc(C#N)cc(N=C/C(=C\N)CN2CC[C@H](Oc3ccc4c(c3)CC(=CC3CCC(=O)NC3=O)CC4=O)C2)c1. The number of aryl methyl sites for hydroxylation is 1. The molecule has 2 aromatic carbocycles. The molecule has 41 heavy (non-hydrogen) atoms. The molecule has 3 N–H and O–H groups in total. The van der Waals surface area contributed by atoms with E-state index in [1.54, 1.807) is 18.5 Å². The van der Waals surface area contributed by atoms with E-state index in [9.17, 15) is 19.6 Å². The van der Waals surface area contributed by atoms with Crippen molar-refractivity contribution >= 4 is 29.5 Å². The fourth-order valence-electron chi connectivity index (χ4n) is 5.63. The third-order valence-corrected chi connectivity index (χ3v) is 7.62. The van der Waals surface area contributed by atoms with E-state index >= 15 is 0 Å². The van der Waals surface area contributed by atoms with Crippen molar-refractivity contribution in [3.05, 3.63) is 82.1 Å². The number of rotatable bonds is 7. The zero-order valence-electron chi connectivity index (χ0n) is 23.1. The van der Waals surface area contributed by atoms with Crippen molar-refractivity contribution in [2.45, 2.75) is 45.1 Å². The Balaban J connectivity index is 1.19. The van der Waals surface area contributed by atoms with Gasteiger partial charge in [0.15, 0.2) is 5.78 Å². The van der Waals surface area contributed by atoms with E-state index < -0.39 is 0 Å². The number of carbonyl (C=O) groups excluding carboxylic acids is 3. The summed E-state index contributed by atoms with van der Waals surface area (Å²) in [5.74, 6) is -0.180. The number of allylic oxidation sites excluding steroid dienone is 1. The largest absolute Gasteiger partial charge is 0.489 e. The van der Waals surface area contributed by atoms with Crippen LogP contribution in [0.3, 0.4) is 0 Å². The van der Waals surface area contributed by atoms with Crippen LogP contribution in [-0.2, 0) is 16.0 Å². The highest BCUT2D eigenvalue weighted by Gasteiger charge is 2.28. The van der Waals surface area contributed by atoms with Gasteiger partial charge in [-0.3, -0.25) is 29.6 Å². The van der Waals surface area contributed by atoms with Crippen LogP contribution < -0.4 is 15.8 Å². The first kappa shape index (κ1) is 28.0. The van der Waals surface area contributed by atoms with E-state index in [1.807, 2.05) is 43.3 Å².